The first kappa shape index (κ1) is 78.4. The van der Waals surface area contributed by atoms with E-state index in [0.29, 0.717) is 21.8 Å². The Morgan fingerprint density at radius 1 is 0.252 bits per heavy atom. The van der Waals surface area contributed by atoms with Crippen molar-refractivity contribution in [1.82, 2.24) is 9.13 Å². The van der Waals surface area contributed by atoms with Gasteiger partial charge in [-0.25, -0.2) is 0 Å². The largest absolute Gasteiger partial charge is 0.310 e. The van der Waals surface area contributed by atoms with Gasteiger partial charge in [0.2, 0.25) is 0 Å². The number of rotatable bonds is 16. The topological polar surface area (TPSA) is 16.3 Å². The van der Waals surface area contributed by atoms with Crippen molar-refractivity contribution in [2.75, 3.05) is 9.80 Å². The third-order valence-corrected chi connectivity index (χ3v) is 25.0. The average molecular weight is 1680 g/mol. The maximum atomic E-state index is 10.3. The summed E-state index contributed by atoms with van der Waals surface area (Å²) in [6, 6.07) is 77.8. The predicted molar refractivity (Wildman–Crippen MR) is 555 cm³/mol. The van der Waals surface area contributed by atoms with Gasteiger partial charge in [0.25, 0.3) is 6.71 Å². The van der Waals surface area contributed by atoms with Gasteiger partial charge in [-0.3, -0.25) is 0 Å². The van der Waals surface area contributed by atoms with Crippen LogP contribution in [0.25, 0.3) is 99.5 Å². The number of nitrogens with zero attached hydrogens (tertiary/aromatic N) is 4. The Kier molecular flexibility index (Phi) is 19.8. The van der Waals surface area contributed by atoms with Gasteiger partial charge in [0.05, 0.1) is 44.4 Å². The van der Waals surface area contributed by atoms with Crippen LogP contribution in [0.5, 0.6) is 0 Å². The van der Waals surface area contributed by atoms with Gasteiger partial charge >= 0.3 is 0 Å². The minimum Gasteiger partial charge on any atom is -0.310 e. The van der Waals surface area contributed by atoms with Crippen LogP contribution in [-0.4, -0.2) is 15.8 Å². The van der Waals surface area contributed by atoms with E-state index < -0.39 is 12.1 Å². The SMILES string of the molecule is [2H]c1c([2H])c([2H])c2c(c1[2H])c1cc(CC(C)(C)C)ccc1n2-c1ccc2c(c1)N(c1c(-c3cccc(CC(C)(C)C)c3)cc(CC(C)(C)C)cc1-c1cccc(CC(C)(C)C)c1)c1cc(C(C)(C)C)cc3c1B2c1ccc(-n2c4ccc(CC(C)(C)C)cc4c4c([2H])c([2H])c([2H])c([2H])c42)cc1N3c1c(-c2cccc(CC(C)(C)C)c2)cc(CC(C)(C)C)cc1-c1cccc(CC(C)(C)C)c1. The number of hydrogen-bond donors (Lipinski definition) is 0. The predicted octanol–water partition coefficient (Wildman–Crippen LogP) is 32.6. The standard InChI is InChI=1S/C122H139BN4/c1-114(2,3)70-78-36-32-40-86(56-78)95-62-84(76-120(19,20)21)63-96(87-41-33-37-79(57-87)71-115(4,5)6)112(95)126-107-68-91(124-103-46-30-28-44-93(103)99-60-82(48-54-105(99)124)74-118(13,14)15)50-52-101(107)123-102-53-51-92(125-104-47-31-29-45-94(104)100-61-83(49-55-106(100)125)75-119(16,17)18)69-108(102)127(110-67-90(122(25,26)27)66-109(126)111(110)123)113-97(88-42-34-38-80(58-88)72-116(7,8)9)64-85(77-121(22,23)24)65-98(113)89-43-35-39-81(59-89)73-117(10,11)12/h28-69H,70-77H2,1-27H3/i28D,29D,30D,31D,44D,45D,46D,47D. The second kappa shape index (κ2) is 32.1. The van der Waals surface area contributed by atoms with E-state index in [-0.39, 0.29) is 91.7 Å². The van der Waals surface area contributed by atoms with Crippen LogP contribution in [0, 0.1) is 43.3 Å². The van der Waals surface area contributed by atoms with Crippen LogP contribution in [0.15, 0.2) is 255 Å². The number of aromatic nitrogens is 2. The summed E-state index contributed by atoms with van der Waals surface area (Å²) in [5.74, 6) is 0. The fourth-order valence-corrected chi connectivity index (χ4v) is 20.7. The molecule has 0 fully saturated rings. The Balaban J connectivity index is 1.11. The first-order valence-electron chi connectivity index (χ1n) is 50.7. The molecule has 17 rings (SSSR count). The molecule has 2 aliphatic heterocycles. The summed E-state index contributed by atoms with van der Waals surface area (Å²) >= 11 is 0. The third kappa shape index (κ3) is 18.6. The summed E-state index contributed by atoms with van der Waals surface area (Å²) in [4.78, 5) is 5.31. The molecule has 0 amide bonds. The molecule has 0 spiro atoms. The molecule has 0 atom stereocenters. The summed E-state index contributed by atoms with van der Waals surface area (Å²) in [6.45, 7) is 62.0. The number of fused-ring (bicyclic) bond motifs is 10. The molecule has 0 saturated heterocycles. The lowest BCUT2D eigenvalue weighted by atomic mass is 9.33. The Hall–Kier alpha value is -10.9. The van der Waals surface area contributed by atoms with Crippen molar-refractivity contribution in [2.45, 2.75) is 244 Å². The fraction of sp³-hybridized carbons (Fsp3) is 0.361. The number of para-hydroxylation sites is 2. The van der Waals surface area contributed by atoms with Gasteiger partial charge in [-0.05, 0) is 286 Å². The Labute approximate surface area is 773 Å². The number of benzene rings is 13. The van der Waals surface area contributed by atoms with Crippen molar-refractivity contribution in [3.8, 4) is 55.9 Å². The molecule has 0 radical (unpaired) electrons. The van der Waals surface area contributed by atoms with Crippen LogP contribution in [0.2, 0.25) is 0 Å². The van der Waals surface area contributed by atoms with E-state index in [4.69, 9.17) is 0 Å². The molecular weight excluding hydrogens is 1530 g/mol. The van der Waals surface area contributed by atoms with Crippen LogP contribution in [0.4, 0.5) is 34.1 Å². The van der Waals surface area contributed by atoms with Gasteiger partial charge in [0.15, 0.2) is 0 Å². The highest BCUT2D eigenvalue weighted by Crippen LogP contribution is 2.56. The summed E-state index contributed by atoms with van der Waals surface area (Å²) in [5.41, 5.74) is 30.8. The van der Waals surface area contributed by atoms with E-state index in [2.05, 4.69) is 412 Å². The normalized spacial score (nSPS) is 14.6. The number of hydrogen-bond acceptors (Lipinski definition) is 2. The van der Waals surface area contributed by atoms with E-state index >= 15 is 0 Å². The van der Waals surface area contributed by atoms with Gasteiger partial charge in [-0.15, -0.1) is 0 Å². The highest BCUT2D eigenvalue weighted by Gasteiger charge is 2.47. The van der Waals surface area contributed by atoms with Crippen molar-refractivity contribution in [1.29, 1.82) is 0 Å². The van der Waals surface area contributed by atoms with E-state index in [1.54, 1.807) is 0 Å². The molecule has 2 aliphatic rings. The van der Waals surface area contributed by atoms with Crippen LogP contribution in [0.1, 0.15) is 248 Å². The monoisotopic (exact) mass is 1680 g/mol. The second-order valence-electron chi connectivity index (χ2n) is 48.4. The number of anilines is 6. The van der Waals surface area contributed by atoms with Crippen LogP contribution >= 0.6 is 0 Å². The fourth-order valence-electron chi connectivity index (χ4n) is 20.7. The third-order valence-electron chi connectivity index (χ3n) is 25.0. The first-order valence-corrected chi connectivity index (χ1v) is 46.7. The Morgan fingerprint density at radius 2 is 0.535 bits per heavy atom. The lowest BCUT2D eigenvalue weighted by molar-refractivity contribution is 0.410. The molecule has 0 bridgehead atoms. The van der Waals surface area contributed by atoms with Gasteiger partial charge in [0, 0.05) is 77.9 Å². The quantitative estimate of drug-likeness (QED) is 0.0897. The minimum atomic E-state index is -0.537. The summed E-state index contributed by atoms with van der Waals surface area (Å²) in [7, 11) is 0. The van der Waals surface area contributed by atoms with Gasteiger partial charge in [-0.1, -0.05) is 345 Å². The molecule has 2 aromatic heterocycles. The Morgan fingerprint density at radius 3 is 0.827 bits per heavy atom. The van der Waals surface area contributed by atoms with Crippen molar-refractivity contribution < 1.29 is 11.0 Å². The highest BCUT2D eigenvalue weighted by atomic mass is 15.2. The summed E-state index contributed by atoms with van der Waals surface area (Å²) in [6.07, 6.45) is 6.44. The zero-order valence-electron chi connectivity index (χ0n) is 89.2. The van der Waals surface area contributed by atoms with Gasteiger partial charge in [0.1, 0.15) is 0 Å². The molecule has 13 aromatic carbocycles. The van der Waals surface area contributed by atoms with E-state index in [1.807, 2.05) is 0 Å². The Bertz CT molecular complexity index is 6710. The molecule has 0 saturated carbocycles. The highest BCUT2D eigenvalue weighted by molar-refractivity contribution is 7.00. The van der Waals surface area contributed by atoms with Crippen molar-refractivity contribution in [3.63, 3.8) is 0 Å². The van der Waals surface area contributed by atoms with Gasteiger partial charge in [-0.2, -0.15) is 0 Å². The molecule has 0 unspecified atom stereocenters. The molecular formula is C122H139BN4. The maximum Gasteiger partial charge on any atom is 0.252 e. The maximum absolute atomic E-state index is 10.3. The summed E-state index contributed by atoms with van der Waals surface area (Å²) in [5, 5.41) is 2.47. The van der Waals surface area contributed by atoms with E-state index in [0.717, 1.165) is 196 Å². The van der Waals surface area contributed by atoms with Crippen molar-refractivity contribution in [2.24, 2.45) is 43.3 Å². The van der Waals surface area contributed by atoms with Crippen LogP contribution in [0.3, 0.4) is 0 Å². The molecule has 0 N–H and O–H groups in total. The second-order valence-corrected chi connectivity index (χ2v) is 48.4. The lowest BCUT2D eigenvalue weighted by Gasteiger charge is -2.46. The van der Waals surface area contributed by atoms with E-state index in [9.17, 15) is 11.0 Å². The minimum absolute atomic E-state index is 0.0469. The smallest absolute Gasteiger partial charge is 0.252 e. The van der Waals surface area contributed by atoms with Crippen molar-refractivity contribution in [3.05, 3.63) is 305 Å². The van der Waals surface area contributed by atoms with Crippen LogP contribution < -0.4 is 26.2 Å². The molecule has 5 heteroatoms. The molecule has 127 heavy (non-hydrogen) atoms. The molecule has 650 valence electrons. The molecule has 4 nitrogen and oxygen atoms in total. The van der Waals surface area contributed by atoms with Crippen molar-refractivity contribution >= 4 is 101 Å². The van der Waals surface area contributed by atoms with Gasteiger partial charge < -0.3 is 18.9 Å². The zero-order valence-corrected chi connectivity index (χ0v) is 81.2. The average Bonchev–Trinajstić information content (AvgIpc) is 0.909. The van der Waals surface area contributed by atoms with E-state index in [1.165, 1.54) is 33.4 Å². The molecule has 4 heterocycles. The molecule has 0 aliphatic carbocycles. The lowest BCUT2D eigenvalue weighted by Crippen LogP contribution is -2.61. The first-order chi connectivity index (χ1) is 62.8. The van der Waals surface area contributed by atoms with Crippen LogP contribution in [-0.2, 0) is 56.8 Å². The summed E-state index contributed by atoms with van der Waals surface area (Å²) < 4.78 is 83.1. The zero-order chi connectivity index (χ0) is 97.5. The molecule has 15 aromatic rings.